The number of hydrogen-bond donors (Lipinski definition) is 2. The van der Waals surface area contributed by atoms with Gasteiger partial charge in [0.2, 0.25) is 0 Å². The topological polar surface area (TPSA) is 63.8 Å². The Morgan fingerprint density at radius 3 is 2.19 bits per heavy atom. The van der Waals surface area contributed by atoms with Crippen molar-refractivity contribution in [2.75, 3.05) is 11.1 Å². The monoisotopic (exact) mass is 342 g/mol. The minimum Gasteiger partial charge on any atom is -0.381 e. The number of nitrogens with one attached hydrogen (secondary N) is 1. The summed E-state index contributed by atoms with van der Waals surface area (Å²) in [5, 5.41) is 3.25. The second-order valence-electron chi connectivity index (χ2n) is 5.00. The van der Waals surface area contributed by atoms with Crippen LogP contribution in [0, 0.1) is 13.8 Å². The molecule has 2 aromatic carbocycles. The van der Waals surface area contributed by atoms with E-state index in [2.05, 4.69) is 45.1 Å². The van der Waals surface area contributed by atoms with Gasteiger partial charge in [0.1, 0.15) is 0 Å². The SMILES string of the molecule is Cc1cc(Nc2nc3ccccc3nc2N)cc(C)c1Br. The zero-order valence-electron chi connectivity index (χ0n) is 11.8. The molecule has 4 nitrogen and oxygen atoms in total. The molecule has 0 unspecified atom stereocenters. The second-order valence-corrected chi connectivity index (χ2v) is 5.79. The molecule has 0 saturated heterocycles. The molecule has 0 saturated carbocycles. The zero-order valence-corrected chi connectivity index (χ0v) is 13.4. The standard InChI is InChI=1S/C16H15BrN4/c1-9-7-11(8-10(2)14(9)17)19-16-15(18)20-12-5-3-4-6-13(12)21-16/h3-8H,1-2H3,(H2,18,20)(H,19,21). The smallest absolute Gasteiger partial charge is 0.174 e. The van der Waals surface area contributed by atoms with Crippen LogP contribution < -0.4 is 11.1 Å². The van der Waals surface area contributed by atoms with Gasteiger partial charge in [0.25, 0.3) is 0 Å². The summed E-state index contributed by atoms with van der Waals surface area (Å²) in [6, 6.07) is 11.8. The molecular weight excluding hydrogens is 328 g/mol. The number of nitrogens with two attached hydrogens (primary N) is 1. The number of anilines is 3. The Kier molecular flexibility index (Phi) is 3.51. The van der Waals surface area contributed by atoms with Crippen molar-refractivity contribution in [2.45, 2.75) is 13.8 Å². The number of hydrogen-bond acceptors (Lipinski definition) is 4. The summed E-state index contributed by atoms with van der Waals surface area (Å²) in [6.07, 6.45) is 0. The third-order valence-electron chi connectivity index (χ3n) is 3.30. The van der Waals surface area contributed by atoms with Gasteiger partial charge in [-0.05, 0) is 49.2 Å². The molecule has 106 valence electrons. The highest BCUT2D eigenvalue weighted by Gasteiger charge is 2.08. The second kappa shape index (κ2) is 5.33. The number of halogens is 1. The summed E-state index contributed by atoms with van der Waals surface area (Å²) in [5.74, 6) is 0.974. The van der Waals surface area contributed by atoms with E-state index < -0.39 is 0 Å². The Balaban J connectivity index is 2.03. The average molecular weight is 343 g/mol. The van der Waals surface area contributed by atoms with E-state index in [0.29, 0.717) is 11.6 Å². The molecule has 0 radical (unpaired) electrons. The van der Waals surface area contributed by atoms with E-state index in [-0.39, 0.29) is 0 Å². The van der Waals surface area contributed by atoms with Crippen molar-refractivity contribution in [2.24, 2.45) is 0 Å². The maximum absolute atomic E-state index is 6.00. The van der Waals surface area contributed by atoms with E-state index in [1.54, 1.807) is 0 Å². The highest BCUT2D eigenvalue weighted by Crippen LogP contribution is 2.28. The van der Waals surface area contributed by atoms with Gasteiger partial charge in [-0.1, -0.05) is 28.1 Å². The van der Waals surface area contributed by atoms with Gasteiger partial charge in [0.15, 0.2) is 11.6 Å². The minimum absolute atomic E-state index is 0.395. The van der Waals surface area contributed by atoms with Gasteiger partial charge in [-0.25, -0.2) is 9.97 Å². The summed E-state index contributed by atoms with van der Waals surface area (Å²) >= 11 is 3.57. The van der Waals surface area contributed by atoms with Gasteiger partial charge in [0.05, 0.1) is 11.0 Å². The summed E-state index contributed by atoms with van der Waals surface area (Å²) in [5.41, 5.74) is 10.9. The predicted octanol–water partition coefficient (Wildman–Crippen LogP) is 4.33. The molecule has 0 atom stereocenters. The first-order valence-electron chi connectivity index (χ1n) is 6.60. The van der Waals surface area contributed by atoms with Crippen LogP contribution in [0.4, 0.5) is 17.3 Å². The van der Waals surface area contributed by atoms with Crippen LogP contribution in [-0.4, -0.2) is 9.97 Å². The van der Waals surface area contributed by atoms with E-state index in [1.807, 2.05) is 36.4 Å². The van der Waals surface area contributed by atoms with Crippen molar-refractivity contribution < 1.29 is 0 Å². The quantitative estimate of drug-likeness (QED) is 0.727. The Bertz CT molecular complexity index is 807. The highest BCUT2D eigenvalue weighted by atomic mass is 79.9. The third kappa shape index (κ3) is 2.69. The molecule has 0 aliphatic carbocycles. The molecule has 0 aliphatic heterocycles. The first-order chi connectivity index (χ1) is 10.0. The molecule has 5 heteroatoms. The van der Waals surface area contributed by atoms with Gasteiger partial charge in [0, 0.05) is 10.2 Å². The molecule has 0 bridgehead atoms. The molecule has 3 N–H and O–H groups in total. The van der Waals surface area contributed by atoms with Crippen LogP contribution in [0.1, 0.15) is 11.1 Å². The maximum atomic E-state index is 6.00. The van der Waals surface area contributed by atoms with Crippen LogP contribution >= 0.6 is 15.9 Å². The molecule has 0 amide bonds. The van der Waals surface area contributed by atoms with E-state index >= 15 is 0 Å². The van der Waals surface area contributed by atoms with Gasteiger partial charge < -0.3 is 11.1 Å². The van der Waals surface area contributed by atoms with E-state index in [9.17, 15) is 0 Å². The number of aryl methyl sites for hydroxylation is 2. The van der Waals surface area contributed by atoms with E-state index in [1.165, 1.54) is 0 Å². The molecule has 3 rings (SSSR count). The lowest BCUT2D eigenvalue weighted by molar-refractivity contribution is 1.27. The van der Waals surface area contributed by atoms with Crippen LogP contribution in [0.5, 0.6) is 0 Å². The van der Waals surface area contributed by atoms with Crippen molar-refractivity contribution in [1.82, 2.24) is 9.97 Å². The largest absolute Gasteiger partial charge is 0.381 e. The molecule has 0 aliphatic rings. The summed E-state index contributed by atoms with van der Waals surface area (Å²) in [4.78, 5) is 8.92. The van der Waals surface area contributed by atoms with Crippen LogP contribution in [0.15, 0.2) is 40.9 Å². The number of nitrogen functional groups attached to an aromatic ring is 1. The van der Waals surface area contributed by atoms with Gasteiger partial charge >= 0.3 is 0 Å². The molecule has 1 heterocycles. The lowest BCUT2D eigenvalue weighted by Crippen LogP contribution is -2.03. The fraction of sp³-hybridized carbons (Fsp3) is 0.125. The summed E-state index contributed by atoms with van der Waals surface area (Å²) < 4.78 is 1.12. The first-order valence-corrected chi connectivity index (χ1v) is 7.40. The van der Waals surface area contributed by atoms with E-state index in [0.717, 1.165) is 32.3 Å². The van der Waals surface area contributed by atoms with Crippen molar-refractivity contribution in [1.29, 1.82) is 0 Å². The average Bonchev–Trinajstić information content (AvgIpc) is 2.45. The first kappa shape index (κ1) is 13.8. The molecule has 0 fully saturated rings. The number of nitrogens with zero attached hydrogens (tertiary/aromatic N) is 2. The van der Waals surface area contributed by atoms with Gasteiger partial charge in [-0.3, -0.25) is 0 Å². The van der Waals surface area contributed by atoms with Crippen molar-refractivity contribution in [3.8, 4) is 0 Å². The zero-order chi connectivity index (χ0) is 15.0. The number of benzene rings is 2. The van der Waals surface area contributed by atoms with Crippen molar-refractivity contribution in [3.05, 3.63) is 52.0 Å². The van der Waals surface area contributed by atoms with Crippen LogP contribution in [0.25, 0.3) is 11.0 Å². The fourth-order valence-corrected chi connectivity index (χ4v) is 2.49. The van der Waals surface area contributed by atoms with Crippen molar-refractivity contribution in [3.63, 3.8) is 0 Å². The van der Waals surface area contributed by atoms with Crippen LogP contribution in [0.2, 0.25) is 0 Å². The Labute approximate surface area is 131 Å². The fourth-order valence-electron chi connectivity index (χ4n) is 2.26. The molecule has 3 aromatic rings. The third-order valence-corrected chi connectivity index (χ3v) is 4.55. The molecule has 1 aromatic heterocycles. The highest BCUT2D eigenvalue weighted by molar-refractivity contribution is 9.10. The number of para-hydroxylation sites is 2. The van der Waals surface area contributed by atoms with Gasteiger partial charge in [-0.2, -0.15) is 0 Å². The molecular formula is C16H15BrN4. The predicted molar refractivity (Wildman–Crippen MR) is 90.8 cm³/mol. The number of rotatable bonds is 2. The Morgan fingerprint density at radius 2 is 1.57 bits per heavy atom. The van der Waals surface area contributed by atoms with Crippen LogP contribution in [0.3, 0.4) is 0 Å². The number of fused-ring (bicyclic) bond motifs is 1. The lowest BCUT2D eigenvalue weighted by Gasteiger charge is -2.12. The van der Waals surface area contributed by atoms with E-state index in [4.69, 9.17) is 5.73 Å². The minimum atomic E-state index is 0.395. The van der Waals surface area contributed by atoms with Crippen LogP contribution in [-0.2, 0) is 0 Å². The van der Waals surface area contributed by atoms with Gasteiger partial charge in [-0.15, -0.1) is 0 Å². The Hall–Kier alpha value is -2.14. The van der Waals surface area contributed by atoms with Crippen molar-refractivity contribution >= 4 is 44.3 Å². The summed E-state index contributed by atoms with van der Waals surface area (Å²) in [6.45, 7) is 4.11. The Morgan fingerprint density at radius 1 is 1.00 bits per heavy atom. The maximum Gasteiger partial charge on any atom is 0.174 e. The normalized spacial score (nSPS) is 10.8. The lowest BCUT2D eigenvalue weighted by atomic mass is 10.1. The molecule has 0 spiro atoms. The molecule has 21 heavy (non-hydrogen) atoms. The number of aromatic nitrogens is 2. The summed E-state index contributed by atoms with van der Waals surface area (Å²) in [7, 11) is 0.